The lowest BCUT2D eigenvalue weighted by Gasteiger charge is -2.12. The van der Waals surface area contributed by atoms with Crippen molar-refractivity contribution in [2.45, 2.75) is 37.7 Å². The maximum absolute atomic E-state index is 11.9. The summed E-state index contributed by atoms with van der Waals surface area (Å²) in [5.41, 5.74) is 2.15. The molecule has 1 nitrogen and oxygen atoms in total. The zero-order valence-electron chi connectivity index (χ0n) is 10.8. The summed E-state index contributed by atoms with van der Waals surface area (Å²) in [6.07, 6.45) is -1.81. The maximum Gasteiger partial charge on any atom is 0.411 e. The second-order valence-corrected chi connectivity index (χ2v) is 4.94. The maximum atomic E-state index is 11.9. The summed E-state index contributed by atoms with van der Waals surface area (Å²) in [7, 11) is 0. The summed E-state index contributed by atoms with van der Waals surface area (Å²) < 4.78 is 40.1. The van der Waals surface area contributed by atoms with Crippen LogP contribution in [0.4, 0.5) is 13.2 Å². The van der Waals surface area contributed by atoms with E-state index in [1.54, 1.807) is 0 Å². The number of ether oxygens (including phenoxy) is 1. The van der Waals surface area contributed by atoms with E-state index in [1.807, 2.05) is 24.3 Å². The zero-order valence-corrected chi connectivity index (χ0v) is 11.6. The van der Waals surface area contributed by atoms with Crippen LogP contribution < -0.4 is 0 Å². The fraction of sp³-hybridized carbons (Fsp3) is 0.571. The molecule has 0 aliphatic rings. The number of halogens is 4. The highest BCUT2D eigenvalue weighted by atomic mass is 35.5. The summed E-state index contributed by atoms with van der Waals surface area (Å²) in [5, 5.41) is -0.316. The number of alkyl halides is 4. The molecule has 0 N–H and O–H groups in total. The highest BCUT2D eigenvalue weighted by molar-refractivity contribution is 6.20. The van der Waals surface area contributed by atoms with Gasteiger partial charge in [-0.25, -0.2) is 0 Å². The van der Waals surface area contributed by atoms with Gasteiger partial charge in [0.2, 0.25) is 0 Å². The van der Waals surface area contributed by atoms with Gasteiger partial charge in [-0.15, -0.1) is 11.6 Å². The van der Waals surface area contributed by atoms with Crippen LogP contribution in [-0.2, 0) is 11.2 Å². The van der Waals surface area contributed by atoms with Gasteiger partial charge in [0.05, 0.1) is 5.38 Å². The molecule has 19 heavy (non-hydrogen) atoms. The minimum Gasteiger partial charge on any atom is -0.372 e. The molecular weight excluding hydrogens is 277 g/mol. The zero-order chi connectivity index (χ0) is 14.3. The Bertz CT molecular complexity index is 362. The lowest BCUT2D eigenvalue weighted by molar-refractivity contribution is -0.174. The van der Waals surface area contributed by atoms with Crippen molar-refractivity contribution in [1.82, 2.24) is 0 Å². The van der Waals surface area contributed by atoms with Gasteiger partial charge >= 0.3 is 6.18 Å². The molecule has 0 amide bonds. The van der Waals surface area contributed by atoms with Crippen molar-refractivity contribution in [2.75, 3.05) is 13.2 Å². The van der Waals surface area contributed by atoms with Crippen LogP contribution in [0.5, 0.6) is 0 Å². The molecule has 0 aliphatic heterocycles. The van der Waals surface area contributed by atoms with Crippen LogP contribution in [0.3, 0.4) is 0 Å². The highest BCUT2D eigenvalue weighted by Gasteiger charge is 2.27. The van der Waals surface area contributed by atoms with Crippen LogP contribution in [0.15, 0.2) is 24.3 Å². The first-order chi connectivity index (χ1) is 8.92. The molecule has 0 bridgehead atoms. The van der Waals surface area contributed by atoms with Crippen molar-refractivity contribution >= 4 is 11.6 Å². The first-order valence-corrected chi connectivity index (χ1v) is 6.73. The summed E-state index contributed by atoms with van der Waals surface area (Å²) >= 11 is 6.12. The molecule has 5 heteroatoms. The minimum atomic E-state index is -4.27. The predicted octanol–water partition coefficient (Wildman–Crippen LogP) is 4.89. The summed E-state index contributed by atoms with van der Waals surface area (Å²) in [6.45, 7) is 0.896. The Kier molecular flexibility index (Phi) is 6.66. The molecule has 0 heterocycles. The first-order valence-electron chi connectivity index (χ1n) is 6.30. The SMILES string of the molecule is CCCc1ccc(C(Cl)CCOCC(F)(F)F)cc1. The molecule has 0 saturated heterocycles. The normalized spacial score (nSPS) is 13.5. The van der Waals surface area contributed by atoms with Gasteiger partial charge in [-0.3, -0.25) is 0 Å². The lowest BCUT2D eigenvalue weighted by atomic mass is 10.0. The average Bonchev–Trinajstić information content (AvgIpc) is 2.34. The molecule has 108 valence electrons. The van der Waals surface area contributed by atoms with Gasteiger partial charge in [0.25, 0.3) is 0 Å². The van der Waals surface area contributed by atoms with Crippen molar-refractivity contribution in [3.05, 3.63) is 35.4 Å². The molecule has 1 unspecified atom stereocenters. The van der Waals surface area contributed by atoms with E-state index < -0.39 is 12.8 Å². The van der Waals surface area contributed by atoms with Crippen molar-refractivity contribution in [3.8, 4) is 0 Å². The lowest BCUT2D eigenvalue weighted by Crippen LogP contribution is -2.17. The van der Waals surface area contributed by atoms with Gasteiger partial charge in [-0.1, -0.05) is 37.6 Å². The van der Waals surface area contributed by atoms with Crippen LogP contribution in [0.25, 0.3) is 0 Å². The predicted molar refractivity (Wildman–Crippen MR) is 70.5 cm³/mol. The van der Waals surface area contributed by atoms with E-state index in [-0.39, 0.29) is 12.0 Å². The molecule has 0 radical (unpaired) electrons. The monoisotopic (exact) mass is 294 g/mol. The Morgan fingerprint density at radius 2 is 1.84 bits per heavy atom. The van der Waals surface area contributed by atoms with Crippen molar-refractivity contribution in [1.29, 1.82) is 0 Å². The number of aryl methyl sites for hydroxylation is 1. The quantitative estimate of drug-likeness (QED) is 0.514. The smallest absolute Gasteiger partial charge is 0.372 e. The second-order valence-electron chi connectivity index (χ2n) is 4.42. The van der Waals surface area contributed by atoms with Crippen LogP contribution in [-0.4, -0.2) is 19.4 Å². The van der Waals surface area contributed by atoms with Crippen molar-refractivity contribution < 1.29 is 17.9 Å². The number of hydrogen-bond donors (Lipinski definition) is 0. The Balaban J connectivity index is 2.34. The van der Waals surface area contributed by atoms with Gasteiger partial charge in [-0.05, 0) is 24.0 Å². The molecule has 0 aliphatic carbocycles. The summed E-state index contributed by atoms with van der Waals surface area (Å²) in [5.74, 6) is 0. The van der Waals surface area contributed by atoms with E-state index in [0.717, 1.165) is 18.4 Å². The minimum absolute atomic E-state index is 0.00435. The topological polar surface area (TPSA) is 9.23 Å². The average molecular weight is 295 g/mol. The molecule has 0 aromatic heterocycles. The largest absolute Gasteiger partial charge is 0.411 e. The third-order valence-electron chi connectivity index (χ3n) is 2.66. The third kappa shape index (κ3) is 6.83. The van der Waals surface area contributed by atoms with E-state index in [1.165, 1.54) is 5.56 Å². The van der Waals surface area contributed by atoms with Crippen LogP contribution in [0.1, 0.15) is 36.3 Å². The summed E-state index contributed by atoms with van der Waals surface area (Å²) in [6, 6.07) is 7.86. The molecule has 1 aromatic carbocycles. The van der Waals surface area contributed by atoms with E-state index in [4.69, 9.17) is 11.6 Å². The van der Waals surface area contributed by atoms with Gasteiger partial charge in [0.1, 0.15) is 6.61 Å². The van der Waals surface area contributed by atoms with Crippen LogP contribution in [0.2, 0.25) is 0 Å². The van der Waals surface area contributed by atoms with Gasteiger partial charge < -0.3 is 4.74 Å². The molecule has 1 rings (SSSR count). The Morgan fingerprint density at radius 3 is 2.37 bits per heavy atom. The Hall–Kier alpha value is -0.740. The third-order valence-corrected chi connectivity index (χ3v) is 3.13. The van der Waals surface area contributed by atoms with Gasteiger partial charge in [0.15, 0.2) is 0 Å². The fourth-order valence-electron chi connectivity index (χ4n) is 1.72. The van der Waals surface area contributed by atoms with Crippen LogP contribution in [0, 0.1) is 0 Å². The molecule has 0 spiro atoms. The van der Waals surface area contributed by atoms with Crippen LogP contribution >= 0.6 is 11.6 Å². The van der Waals surface area contributed by atoms with E-state index in [0.29, 0.717) is 6.42 Å². The number of benzene rings is 1. The molecule has 0 fully saturated rings. The standard InChI is InChI=1S/C14H18ClF3O/c1-2-3-11-4-6-12(7-5-11)13(15)8-9-19-10-14(16,17)18/h4-7,13H,2-3,8-10H2,1H3. The molecule has 0 saturated carbocycles. The molecule has 1 atom stereocenters. The van der Waals surface area contributed by atoms with Gasteiger partial charge in [0, 0.05) is 6.61 Å². The highest BCUT2D eigenvalue weighted by Crippen LogP contribution is 2.25. The fourth-order valence-corrected chi connectivity index (χ4v) is 1.96. The van der Waals surface area contributed by atoms with E-state index >= 15 is 0 Å². The molecule has 1 aromatic rings. The Labute approximate surface area is 116 Å². The molecular formula is C14H18ClF3O. The van der Waals surface area contributed by atoms with Gasteiger partial charge in [-0.2, -0.15) is 13.2 Å². The van der Waals surface area contributed by atoms with E-state index in [2.05, 4.69) is 11.7 Å². The number of hydrogen-bond acceptors (Lipinski definition) is 1. The summed E-state index contributed by atoms with van der Waals surface area (Å²) in [4.78, 5) is 0. The Morgan fingerprint density at radius 1 is 1.21 bits per heavy atom. The second kappa shape index (κ2) is 7.75. The first kappa shape index (κ1) is 16.3. The van der Waals surface area contributed by atoms with E-state index in [9.17, 15) is 13.2 Å². The van der Waals surface area contributed by atoms with Crippen molar-refractivity contribution in [2.24, 2.45) is 0 Å². The number of rotatable bonds is 7. The van der Waals surface area contributed by atoms with Crippen molar-refractivity contribution in [3.63, 3.8) is 0 Å².